The van der Waals surface area contributed by atoms with Crippen LogP contribution in [0, 0.1) is 0 Å². The van der Waals surface area contributed by atoms with Crippen molar-refractivity contribution in [2.75, 3.05) is 43.9 Å². The lowest BCUT2D eigenvalue weighted by atomic mass is 10.4. The molecule has 0 aliphatic rings. The topological polar surface area (TPSA) is 53.1 Å². The predicted molar refractivity (Wildman–Crippen MR) is 72.6 cm³/mol. The van der Waals surface area contributed by atoms with E-state index in [1.165, 1.54) is 0 Å². The lowest BCUT2D eigenvalue weighted by molar-refractivity contribution is 0.746. The van der Waals surface area contributed by atoms with E-state index in [9.17, 15) is 0 Å². The zero-order valence-corrected chi connectivity index (χ0v) is 11.0. The van der Waals surface area contributed by atoms with Crippen LogP contribution < -0.4 is 15.5 Å². The summed E-state index contributed by atoms with van der Waals surface area (Å²) in [4.78, 5) is 10.6. The van der Waals surface area contributed by atoms with Crippen LogP contribution in [0.2, 0.25) is 0 Å². The highest BCUT2D eigenvalue weighted by Gasteiger charge is 2.02. The van der Waals surface area contributed by atoms with Crippen LogP contribution in [0.25, 0.3) is 0 Å². The van der Waals surface area contributed by atoms with Gasteiger partial charge in [0.2, 0.25) is 0 Å². The number of aromatic nitrogens is 2. The number of hydrogen-bond acceptors (Lipinski definition) is 5. The zero-order chi connectivity index (χ0) is 12.5. The van der Waals surface area contributed by atoms with Crippen LogP contribution in [0.3, 0.4) is 0 Å². The molecule has 0 aliphatic heterocycles. The normalized spacial score (nSPS) is 10.3. The molecule has 96 valence electrons. The van der Waals surface area contributed by atoms with Crippen molar-refractivity contribution >= 4 is 11.6 Å². The standard InChI is InChI=1S/C12H23N5/c1-4-8-17(3)12-9-11(15-10-16-12)14-7-5-6-13-2/h9-10,13H,4-8H2,1-3H3,(H,14,15,16). The first-order chi connectivity index (χ1) is 8.27. The van der Waals surface area contributed by atoms with Crippen LogP contribution in [0.4, 0.5) is 11.6 Å². The van der Waals surface area contributed by atoms with E-state index >= 15 is 0 Å². The Balaban J connectivity index is 2.47. The van der Waals surface area contributed by atoms with E-state index in [1.54, 1.807) is 6.33 Å². The lowest BCUT2D eigenvalue weighted by Gasteiger charge is -2.17. The second-order valence-electron chi connectivity index (χ2n) is 4.07. The molecule has 0 amide bonds. The smallest absolute Gasteiger partial charge is 0.133 e. The second-order valence-corrected chi connectivity index (χ2v) is 4.07. The van der Waals surface area contributed by atoms with Gasteiger partial charge in [-0.3, -0.25) is 0 Å². The van der Waals surface area contributed by atoms with Crippen LogP contribution in [0.5, 0.6) is 0 Å². The van der Waals surface area contributed by atoms with Crippen molar-refractivity contribution < 1.29 is 0 Å². The molecule has 0 saturated carbocycles. The van der Waals surface area contributed by atoms with E-state index in [0.717, 1.165) is 44.1 Å². The highest BCUT2D eigenvalue weighted by atomic mass is 15.2. The van der Waals surface area contributed by atoms with E-state index in [1.807, 2.05) is 13.1 Å². The second kappa shape index (κ2) is 7.84. The number of hydrogen-bond donors (Lipinski definition) is 2. The minimum atomic E-state index is 0.897. The Kier molecular flexibility index (Phi) is 6.32. The highest BCUT2D eigenvalue weighted by molar-refractivity contribution is 5.47. The highest BCUT2D eigenvalue weighted by Crippen LogP contribution is 2.12. The molecule has 0 unspecified atom stereocenters. The largest absolute Gasteiger partial charge is 0.370 e. The third kappa shape index (κ3) is 4.99. The number of nitrogens with one attached hydrogen (secondary N) is 2. The van der Waals surface area contributed by atoms with Gasteiger partial charge in [-0.1, -0.05) is 6.92 Å². The van der Waals surface area contributed by atoms with Gasteiger partial charge in [-0.05, 0) is 26.4 Å². The minimum Gasteiger partial charge on any atom is -0.370 e. The van der Waals surface area contributed by atoms with E-state index in [4.69, 9.17) is 0 Å². The molecule has 0 aliphatic carbocycles. The maximum Gasteiger partial charge on any atom is 0.133 e. The third-order valence-corrected chi connectivity index (χ3v) is 2.51. The maximum absolute atomic E-state index is 4.26. The third-order valence-electron chi connectivity index (χ3n) is 2.51. The summed E-state index contributed by atoms with van der Waals surface area (Å²) in [7, 11) is 4.01. The van der Waals surface area contributed by atoms with E-state index in [-0.39, 0.29) is 0 Å². The Hall–Kier alpha value is -1.36. The quantitative estimate of drug-likeness (QED) is 0.668. The van der Waals surface area contributed by atoms with Gasteiger partial charge in [-0.15, -0.1) is 0 Å². The summed E-state index contributed by atoms with van der Waals surface area (Å²) in [5, 5.41) is 6.42. The summed E-state index contributed by atoms with van der Waals surface area (Å²) < 4.78 is 0. The average Bonchev–Trinajstić information content (AvgIpc) is 2.35. The number of rotatable bonds is 8. The molecule has 1 aromatic rings. The van der Waals surface area contributed by atoms with Crippen molar-refractivity contribution in [1.29, 1.82) is 0 Å². The van der Waals surface area contributed by atoms with Crippen molar-refractivity contribution in [2.24, 2.45) is 0 Å². The van der Waals surface area contributed by atoms with E-state index < -0.39 is 0 Å². The summed E-state index contributed by atoms with van der Waals surface area (Å²) in [5.41, 5.74) is 0. The van der Waals surface area contributed by atoms with Crippen LogP contribution in [-0.4, -0.2) is 43.7 Å². The molecule has 0 bridgehead atoms. The molecule has 17 heavy (non-hydrogen) atoms. The van der Waals surface area contributed by atoms with Gasteiger partial charge in [-0.25, -0.2) is 9.97 Å². The molecule has 1 aromatic heterocycles. The molecule has 5 heteroatoms. The predicted octanol–water partition coefficient (Wildman–Crippen LogP) is 1.34. The molecule has 1 heterocycles. The van der Waals surface area contributed by atoms with Crippen molar-refractivity contribution in [2.45, 2.75) is 19.8 Å². The van der Waals surface area contributed by atoms with Crippen LogP contribution in [0.1, 0.15) is 19.8 Å². The summed E-state index contributed by atoms with van der Waals surface area (Å²) in [5.74, 6) is 1.87. The molecule has 1 rings (SSSR count). The molecule has 0 aromatic carbocycles. The fraction of sp³-hybridized carbons (Fsp3) is 0.667. The molecular weight excluding hydrogens is 214 g/mol. The van der Waals surface area contributed by atoms with E-state index in [0.29, 0.717) is 0 Å². The SMILES string of the molecule is CCCN(C)c1cc(NCCCNC)ncn1. The van der Waals surface area contributed by atoms with Gasteiger partial charge in [0.15, 0.2) is 0 Å². The van der Waals surface area contributed by atoms with Gasteiger partial charge < -0.3 is 15.5 Å². The van der Waals surface area contributed by atoms with Crippen molar-refractivity contribution in [3.63, 3.8) is 0 Å². The molecule has 5 nitrogen and oxygen atoms in total. The van der Waals surface area contributed by atoms with Crippen molar-refractivity contribution in [1.82, 2.24) is 15.3 Å². The average molecular weight is 237 g/mol. The monoisotopic (exact) mass is 237 g/mol. The van der Waals surface area contributed by atoms with Crippen molar-refractivity contribution in [3.05, 3.63) is 12.4 Å². The molecule has 0 saturated heterocycles. The fourth-order valence-electron chi connectivity index (χ4n) is 1.58. The summed E-state index contributed by atoms with van der Waals surface area (Å²) in [6, 6.07) is 2.00. The first-order valence-corrected chi connectivity index (χ1v) is 6.19. The van der Waals surface area contributed by atoms with Crippen LogP contribution in [-0.2, 0) is 0 Å². The Morgan fingerprint density at radius 3 is 2.82 bits per heavy atom. The van der Waals surface area contributed by atoms with Gasteiger partial charge in [0, 0.05) is 26.2 Å². The number of nitrogens with zero attached hydrogens (tertiary/aromatic N) is 3. The first kappa shape index (κ1) is 13.7. The van der Waals surface area contributed by atoms with Gasteiger partial charge in [0.25, 0.3) is 0 Å². The Labute approximate surface area is 104 Å². The number of anilines is 2. The van der Waals surface area contributed by atoms with Gasteiger partial charge in [0.05, 0.1) is 0 Å². The molecule has 0 spiro atoms. The Morgan fingerprint density at radius 1 is 1.29 bits per heavy atom. The van der Waals surface area contributed by atoms with Crippen LogP contribution in [0.15, 0.2) is 12.4 Å². The lowest BCUT2D eigenvalue weighted by Crippen LogP contribution is -2.19. The van der Waals surface area contributed by atoms with Gasteiger partial charge >= 0.3 is 0 Å². The molecule has 0 atom stereocenters. The maximum atomic E-state index is 4.26. The molecule has 0 radical (unpaired) electrons. The summed E-state index contributed by atoms with van der Waals surface area (Å²) in [6.45, 7) is 5.11. The molecule has 2 N–H and O–H groups in total. The Morgan fingerprint density at radius 2 is 2.12 bits per heavy atom. The van der Waals surface area contributed by atoms with Crippen molar-refractivity contribution in [3.8, 4) is 0 Å². The summed E-state index contributed by atoms with van der Waals surface area (Å²) in [6.07, 6.45) is 3.81. The first-order valence-electron chi connectivity index (χ1n) is 6.19. The van der Waals surface area contributed by atoms with E-state index in [2.05, 4.69) is 39.5 Å². The molecule has 0 fully saturated rings. The Bertz CT molecular complexity index is 316. The fourth-order valence-corrected chi connectivity index (χ4v) is 1.58. The molecular formula is C12H23N5. The zero-order valence-electron chi connectivity index (χ0n) is 11.0. The summed E-state index contributed by atoms with van der Waals surface area (Å²) >= 11 is 0. The van der Waals surface area contributed by atoms with Gasteiger partial charge in [-0.2, -0.15) is 0 Å². The van der Waals surface area contributed by atoms with Crippen LogP contribution >= 0.6 is 0 Å². The minimum absolute atomic E-state index is 0.897. The van der Waals surface area contributed by atoms with Gasteiger partial charge in [0.1, 0.15) is 18.0 Å².